The molecule has 1 aromatic rings. The van der Waals surface area contributed by atoms with Crippen molar-refractivity contribution in [3.63, 3.8) is 0 Å². The molecule has 0 N–H and O–H groups in total. The smallest absolute Gasteiger partial charge is 0.0436 e. The van der Waals surface area contributed by atoms with Crippen LogP contribution in [-0.4, -0.2) is 27.7 Å². The van der Waals surface area contributed by atoms with E-state index in [2.05, 4.69) is 50.4 Å². The quantitative estimate of drug-likeness (QED) is 0.604. The zero-order valence-electron chi connectivity index (χ0n) is 9.54. The molecule has 1 aromatic carbocycles. The molecule has 0 nitrogen and oxygen atoms in total. The predicted octanol–water partition coefficient (Wildman–Crippen LogP) is 2.75. The predicted molar refractivity (Wildman–Crippen MR) is 67.6 cm³/mol. The molecule has 69 valence electrons. The van der Waals surface area contributed by atoms with Crippen LogP contribution in [0.4, 0.5) is 0 Å². The van der Waals surface area contributed by atoms with Crippen molar-refractivity contribution in [3.8, 4) is 0 Å². The first-order chi connectivity index (χ1) is 6.20. The third-order valence-electron chi connectivity index (χ3n) is 2.91. The maximum atomic E-state index is 2.42. The second-order valence-electron chi connectivity index (χ2n) is 4.21. The number of rotatable bonds is 1. The van der Waals surface area contributed by atoms with Crippen molar-refractivity contribution in [1.29, 1.82) is 0 Å². The van der Waals surface area contributed by atoms with Gasteiger partial charge < -0.3 is 0 Å². The summed E-state index contributed by atoms with van der Waals surface area (Å²) in [5.74, 6) is 0. The van der Waals surface area contributed by atoms with Crippen LogP contribution < -0.4 is 0 Å². The van der Waals surface area contributed by atoms with Crippen LogP contribution >= 0.6 is 0 Å². The minimum absolute atomic E-state index is 0. The fourth-order valence-electron chi connectivity index (χ4n) is 2.11. The van der Waals surface area contributed by atoms with Gasteiger partial charge in [-0.15, -0.1) is 0 Å². The molecule has 0 spiro atoms. The summed E-state index contributed by atoms with van der Waals surface area (Å²) in [5, 5.41) is 0. The molecular weight excluding hydrogens is 179 g/mol. The summed E-state index contributed by atoms with van der Waals surface area (Å²) >= 11 is 0. The minimum atomic E-state index is -0.567. The summed E-state index contributed by atoms with van der Waals surface area (Å²) in [7, 11) is -0.567. The Labute approximate surface area is 100 Å². The molecule has 1 aliphatic rings. The number of aryl methyl sites for hydroxylation is 1. The molecule has 1 radical (unpaired) electrons. The molecule has 0 heterocycles. The van der Waals surface area contributed by atoms with Gasteiger partial charge in [-0.1, -0.05) is 43.4 Å². The van der Waals surface area contributed by atoms with E-state index in [4.69, 9.17) is 0 Å². The van der Waals surface area contributed by atoms with Crippen molar-refractivity contribution in [3.05, 3.63) is 41.0 Å². The summed E-state index contributed by atoms with van der Waals surface area (Å²) in [5.41, 5.74) is 5.25. The number of hydrogen-bond donors (Lipinski definition) is 0. The van der Waals surface area contributed by atoms with E-state index < -0.39 is 8.80 Å². The van der Waals surface area contributed by atoms with E-state index >= 15 is 0 Å². The number of fused-ring (bicyclic) bond motifs is 1. The van der Waals surface area contributed by atoms with E-state index in [1.54, 1.807) is 5.56 Å². The van der Waals surface area contributed by atoms with Crippen molar-refractivity contribution in [2.45, 2.75) is 25.6 Å². The average Bonchev–Trinajstić information content (AvgIpc) is 2.48. The number of benzene rings is 1. The maximum Gasteiger partial charge on any atom is 0.0436 e. The van der Waals surface area contributed by atoms with Crippen molar-refractivity contribution in [1.82, 2.24) is 0 Å². The number of allylic oxidation sites excluding steroid dienone is 1. The Morgan fingerprint density at radius 3 is 2.57 bits per heavy atom. The monoisotopic (exact) mass is 195 g/mol. The normalized spacial score (nSPS) is 18.1. The minimum Gasteiger partial charge on any atom is -0.0795 e. The van der Waals surface area contributed by atoms with Gasteiger partial charge in [-0.3, -0.25) is 0 Å². The molecule has 0 fully saturated rings. The van der Waals surface area contributed by atoms with Crippen molar-refractivity contribution < 1.29 is 0 Å². The summed E-state index contributed by atoms with van der Waals surface area (Å²) < 4.78 is 0. The van der Waals surface area contributed by atoms with Crippen LogP contribution in [0.15, 0.2) is 24.3 Å². The van der Waals surface area contributed by atoms with Gasteiger partial charge in [0.25, 0.3) is 0 Å². The molecule has 0 saturated heterocycles. The summed E-state index contributed by atoms with van der Waals surface area (Å²) in [4.78, 5) is 0. The molecule has 14 heavy (non-hydrogen) atoms. The van der Waals surface area contributed by atoms with Crippen LogP contribution in [-0.2, 0) is 0 Å². The van der Waals surface area contributed by atoms with E-state index in [-0.39, 0.29) is 18.9 Å². The molecule has 1 aliphatic carbocycles. The van der Waals surface area contributed by atoms with Crippen molar-refractivity contribution >= 4 is 33.7 Å². The maximum absolute atomic E-state index is 2.42. The third-order valence-corrected chi connectivity index (χ3v) is 4.92. The van der Waals surface area contributed by atoms with Crippen LogP contribution in [0.3, 0.4) is 0 Å². The van der Waals surface area contributed by atoms with Crippen LogP contribution in [0.1, 0.15) is 22.2 Å². The summed E-state index contributed by atoms with van der Waals surface area (Å²) in [6, 6.07) is 6.68. The zero-order chi connectivity index (χ0) is 9.42. The number of hydrogen-bond acceptors (Lipinski definition) is 0. The molecule has 2 heteroatoms. The first kappa shape index (κ1) is 11.8. The zero-order valence-corrected chi connectivity index (χ0v) is 10.7. The average molecular weight is 195 g/mol. The fraction of sp³-hybridized carbons (Fsp3) is 0.333. The summed E-state index contributed by atoms with van der Waals surface area (Å²) in [6.45, 7) is 7.05. The fourth-order valence-corrected chi connectivity index (χ4v) is 3.67. The topological polar surface area (TPSA) is 0 Å². The molecule has 2 rings (SSSR count). The Kier molecular flexibility index (Phi) is 3.83. The Hall–Kier alpha value is -0.226. The van der Waals surface area contributed by atoms with E-state index in [0.29, 0.717) is 0 Å². The summed E-state index contributed by atoms with van der Waals surface area (Å²) in [6.07, 6.45) is 4.71. The standard InChI is InChI=1S/C12H16Si.Li/c1-9-5-4-6-11-10(9)7-8-12(11)13(2)3;/h4-8,12-13H,1-3H3;. The van der Waals surface area contributed by atoms with Gasteiger partial charge >= 0.3 is 0 Å². The van der Waals surface area contributed by atoms with Crippen molar-refractivity contribution in [2.75, 3.05) is 0 Å². The van der Waals surface area contributed by atoms with Gasteiger partial charge in [-0.05, 0) is 29.2 Å². The van der Waals surface area contributed by atoms with Gasteiger partial charge in [0, 0.05) is 27.7 Å². The van der Waals surface area contributed by atoms with Gasteiger partial charge in [0.05, 0.1) is 0 Å². The largest absolute Gasteiger partial charge is 0.0795 e. The SMILES string of the molecule is Cc1cccc2c1C=CC2[SiH](C)C.[Li]. The van der Waals surface area contributed by atoms with Crippen LogP contribution in [0.2, 0.25) is 13.1 Å². The van der Waals surface area contributed by atoms with E-state index in [1.165, 1.54) is 11.1 Å². The first-order valence-corrected chi connectivity index (χ1v) is 7.95. The van der Waals surface area contributed by atoms with Gasteiger partial charge in [0.15, 0.2) is 0 Å². The van der Waals surface area contributed by atoms with Gasteiger partial charge in [0.1, 0.15) is 0 Å². The Bertz CT molecular complexity index is 355. The van der Waals surface area contributed by atoms with E-state index in [1.807, 2.05) is 0 Å². The molecule has 0 saturated carbocycles. The van der Waals surface area contributed by atoms with Gasteiger partial charge in [-0.2, -0.15) is 0 Å². The van der Waals surface area contributed by atoms with Crippen LogP contribution in [0.25, 0.3) is 6.08 Å². The molecule has 1 atom stereocenters. The van der Waals surface area contributed by atoms with Crippen LogP contribution in [0.5, 0.6) is 0 Å². The first-order valence-electron chi connectivity index (χ1n) is 4.98. The third kappa shape index (κ3) is 1.91. The Balaban J connectivity index is 0.000000980. The van der Waals surface area contributed by atoms with Gasteiger partial charge in [-0.25, -0.2) is 0 Å². The second kappa shape index (κ2) is 4.53. The van der Waals surface area contributed by atoms with Crippen molar-refractivity contribution in [2.24, 2.45) is 0 Å². The molecule has 0 bridgehead atoms. The van der Waals surface area contributed by atoms with E-state index in [0.717, 1.165) is 5.54 Å². The molecule has 1 unspecified atom stereocenters. The molecule has 0 aliphatic heterocycles. The second-order valence-corrected chi connectivity index (χ2v) is 7.41. The Morgan fingerprint density at radius 1 is 1.21 bits per heavy atom. The van der Waals surface area contributed by atoms with Gasteiger partial charge in [0.2, 0.25) is 0 Å². The van der Waals surface area contributed by atoms with Crippen LogP contribution in [0, 0.1) is 6.92 Å². The molecule has 0 amide bonds. The molecule has 0 aromatic heterocycles. The molecular formula is C12H16LiSi. The Morgan fingerprint density at radius 2 is 1.93 bits per heavy atom. The van der Waals surface area contributed by atoms with E-state index in [9.17, 15) is 0 Å².